The van der Waals surface area contributed by atoms with Gasteiger partial charge in [-0.1, -0.05) is 12.2 Å². The second-order valence-electron chi connectivity index (χ2n) is 7.70. The molecule has 0 spiro atoms. The fourth-order valence-electron chi connectivity index (χ4n) is 3.70. The molecule has 28 heavy (non-hydrogen) atoms. The molecule has 4 rings (SSSR count). The van der Waals surface area contributed by atoms with Crippen molar-refractivity contribution in [1.82, 2.24) is 9.78 Å². The van der Waals surface area contributed by atoms with Gasteiger partial charge in [0, 0.05) is 36.0 Å². The lowest BCUT2D eigenvalue weighted by atomic mass is 9.94. The van der Waals surface area contributed by atoms with Gasteiger partial charge in [-0.05, 0) is 38.5 Å². The Balaban J connectivity index is 1.86. The summed E-state index contributed by atoms with van der Waals surface area (Å²) in [6, 6.07) is 3.48. The molecule has 0 unspecified atom stereocenters. The molecular weight excluding hydrogens is 371 g/mol. The van der Waals surface area contributed by atoms with Crippen LogP contribution in [0.4, 0.5) is 18.9 Å². The number of nitrogens with zero attached hydrogens (tertiary/aromatic N) is 3. The van der Waals surface area contributed by atoms with Gasteiger partial charge in [0.05, 0.1) is 23.8 Å². The first-order valence-electron chi connectivity index (χ1n) is 9.19. The van der Waals surface area contributed by atoms with Crippen molar-refractivity contribution < 1.29 is 23.0 Å². The van der Waals surface area contributed by atoms with Crippen LogP contribution in [0.25, 0.3) is 10.9 Å². The summed E-state index contributed by atoms with van der Waals surface area (Å²) >= 11 is 0. The van der Waals surface area contributed by atoms with Gasteiger partial charge in [0.25, 0.3) is 0 Å². The number of aliphatic hydroxyl groups is 1. The van der Waals surface area contributed by atoms with Crippen LogP contribution in [0.15, 0.2) is 42.3 Å². The Morgan fingerprint density at radius 3 is 2.68 bits per heavy atom. The van der Waals surface area contributed by atoms with E-state index in [0.29, 0.717) is 30.0 Å². The van der Waals surface area contributed by atoms with E-state index in [4.69, 9.17) is 4.74 Å². The maximum atomic E-state index is 13.6. The summed E-state index contributed by atoms with van der Waals surface area (Å²) in [7, 11) is 0. The summed E-state index contributed by atoms with van der Waals surface area (Å²) < 4.78 is 48.0. The van der Waals surface area contributed by atoms with Crippen molar-refractivity contribution in [2.75, 3.05) is 24.7 Å². The lowest BCUT2D eigenvalue weighted by molar-refractivity contribution is -0.0934. The molecule has 8 heteroatoms. The number of anilines is 1. The minimum Gasteiger partial charge on any atom is -0.386 e. The van der Waals surface area contributed by atoms with E-state index in [1.165, 1.54) is 11.0 Å². The quantitative estimate of drug-likeness (QED) is 0.855. The molecule has 0 bridgehead atoms. The van der Waals surface area contributed by atoms with E-state index in [0.717, 1.165) is 17.9 Å². The van der Waals surface area contributed by atoms with Crippen LogP contribution in [-0.2, 0) is 10.3 Å². The van der Waals surface area contributed by atoms with Gasteiger partial charge < -0.3 is 14.7 Å². The van der Waals surface area contributed by atoms with Crippen molar-refractivity contribution in [3.05, 3.63) is 47.8 Å². The van der Waals surface area contributed by atoms with E-state index in [1.807, 2.05) is 10.9 Å². The third kappa shape index (κ3) is 3.42. The lowest BCUT2D eigenvalue weighted by Crippen LogP contribution is -2.35. The van der Waals surface area contributed by atoms with Gasteiger partial charge in [-0.15, -0.1) is 0 Å². The summed E-state index contributed by atoms with van der Waals surface area (Å²) in [6.45, 7) is 4.44. The van der Waals surface area contributed by atoms with Crippen molar-refractivity contribution in [2.24, 2.45) is 0 Å². The zero-order valence-electron chi connectivity index (χ0n) is 15.7. The molecule has 1 aromatic carbocycles. The number of hydrogen-bond acceptors (Lipinski definition) is 4. The predicted molar refractivity (Wildman–Crippen MR) is 100 cm³/mol. The molecular formula is C20H22F3N3O2. The molecule has 1 N–H and O–H groups in total. The van der Waals surface area contributed by atoms with Crippen LogP contribution in [0, 0.1) is 0 Å². The van der Waals surface area contributed by atoms with E-state index in [-0.39, 0.29) is 12.6 Å². The highest BCUT2D eigenvalue weighted by molar-refractivity contribution is 5.85. The summed E-state index contributed by atoms with van der Waals surface area (Å²) in [5, 5.41) is 16.0. The molecule has 1 aromatic heterocycles. The van der Waals surface area contributed by atoms with Crippen LogP contribution in [0.5, 0.6) is 0 Å². The maximum Gasteiger partial charge on any atom is 0.431 e. The number of rotatable bonds is 3. The lowest BCUT2D eigenvalue weighted by Gasteiger charge is -2.33. The fraction of sp³-hybridized carbons (Fsp3) is 0.450. The Labute approximate surface area is 160 Å². The van der Waals surface area contributed by atoms with Gasteiger partial charge in [0.2, 0.25) is 0 Å². The molecule has 5 nitrogen and oxygen atoms in total. The molecule has 0 amide bonds. The first-order chi connectivity index (χ1) is 13.1. The second kappa shape index (κ2) is 6.63. The molecule has 2 aliphatic heterocycles. The molecule has 1 saturated heterocycles. The van der Waals surface area contributed by atoms with E-state index >= 15 is 0 Å². The average molecular weight is 393 g/mol. The van der Waals surface area contributed by atoms with Gasteiger partial charge in [-0.2, -0.15) is 18.3 Å². The standard InChI is InChI=1S/C20H22F3N3O2/c1-19(2,27)15-10-16-13(11-26(24-16)14-6-8-28-12-14)9-17(15)25-7-4-3-5-18(25)20(21,22)23/h3-5,9-11,14,27H,6-8,12H2,1-2H3/t14-/m0/s1. The van der Waals surface area contributed by atoms with E-state index < -0.39 is 17.5 Å². The number of hydrogen-bond donors (Lipinski definition) is 1. The zero-order valence-corrected chi connectivity index (χ0v) is 15.7. The van der Waals surface area contributed by atoms with Crippen molar-refractivity contribution in [1.29, 1.82) is 0 Å². The Bertz CT molecular complexity index is 948. The van der Waals surface area contributed by atoms with Crippen LogP contribution >= 0.6 is 0 Å². The fourth-order valence-corrected chi connectivity index (χ4v) is 3.70. The van der Waals surface area contributed by atoms with Crippen molar-refractivity contribution >= 4 is 16.6 Å². The molecule has 2 aromatic rings. The largest absolute Gasteiger partial charge is 0.431 e. The topological polar surface area (TPSA) is 50.5 Å². The van der Waals surface area contributed by atoms with Gasteiger partial charge in [-0.3, -0.25) is 4.68 Å². The van der Waals surface area contributed by atoms with E-state index in [2.05, 4.69) is 5.10 Å². The SMILES string of the molecule is CC(C)(O)c1cc2nn([C@H]3CCOC3)cc2cc1N1CC=CC=C1C(F)(F)F. The van der Waals surface area contributed by atoms with Crippen molar-refractivity contribution in [3.63, 3.8) is 0 Å². The number of fused-ring (bicyclic) bond motifs is 1. The van der Waals surface area contributed by atoms with Crippen molar-refractivity contribution in [3.8, 4) is 0 Å². The predicted octanol–water partition coefficient (Wildman–Crippen LogP) is 4.05. The monoisotopic (exact) mass is 393 g/mol. The number of alkyl halides is 3. The number of allylic oxidation sites excluding steroid dienone is 3. The molecule has 0 saturated carbocycles. The van der Waals surface area contributed by atoms with Crippen molar-refractivity contribution in [2.45, 2.75) is 38.1 Å². The van der Waals surface area contributed by atoms with E-state index in [1.54, 1.807) is 32.1 Å². The van der Waals surface area contributed by atoms with Crippen LogP contribution in [0.3, 0.4) is 0 Å². The third-order valence-electron chi connectivity index (χ3n) is 5.13. The van der Waals surface area contributed by atoms with Crippen LogP contribution < -0.4 is 4.90 Å². The number of benzene rings is 1. The number of aromatic nitrogens is 2. The van der Waals surface area contributed by atoms with Crippen LogP contribution in [0.1, 0.15) is 31.9 Å². The molecule has 1 atom stereocenters. The molecule has 150 valence electrons. The first-order valence-corrected chi connectivity index (χ1v) is 9.19. The highest BCUT2D eigenvalue weighted by Crippen LogP contribution is 2.40. The normalized spacial score (nSPS) is 20.9. The average Bonchev–Trinajstić information content (AvgIpc) is 3.28. The number of ether oxygens (including phenoxy) is 1. The van der Waals surface area contributed by atoms with Gasteiger partial charge >= 0.3 is 6.18 Å². The Morgan fingerprint density at radius 1 is 1.25 bits per heavy atom. The van der Waals surface area contributed by atoms with Gasteiger partial charge in [0.15, 0.2) is 0 Å². The Kier molecular flexibility index (Phi) is 4.50. The Hall–Kier alpha value is -2.32. The number of halogens is 3. The van der Waals surface area contributed by atoms with Crippen LogP contribution in [-0.4, -0.2) is 40.8 Å². The second-order valence-corrected chi connectivity index (χ2v) is 7.70. The first kappa shape index (κ1) is 19.0. The minimum absolute atomic E-state index is 0.0739. The molecule has 0 radical (unpaired) electrons. The maximum absolute atomic E-state index is 13.6. The molecule has 1 fully saturated rings. The van der Waals surface area contributed by atoms with Gasteiger partial charge in [0.1, 0.15) is 5.70 Å². The summed E-state index contributed by atoms with van der Waals surface area (Å²) in [5.74, 6) is 0. The Morgan fingerprint density at radius 2 is 2.04 bits per heavy atom. The summed E-state index contributed by atoms with van der Waals surface area (Å²) in [5.41, 5.74) is -0.718. The molecule has 3 heterocycles. The molecule has 2 aliphatic rings. The summed E-state index contributed by atoms with van der Waals surface area (Å²) in [4.78, 5) is 1.20. The smallest absolute Gasteiger partial charge is 0.386 e. The van der Waals surface area contributed by atoms with E-state index in [9.17, 15) is 18.3 Å². The zero-order chi connectivity index (χ0) is 20.1. The third-order valence-corrected chi connectivity index (χ3v) is 5.13. The summed E-state index contributed by atoms with van der Waals surface area (Å²) in [6.07, 6.45) is 2.30. The highest BCUT2D eigenvalue weighted by atomic mass is 19.4. The highest BCUT2D eigenvalue weighted by Gasteiger charge is 2.40. The van der Waals surface area contributed by atoms with Crippen LogP contribution in [0.2, 0.25) is 0 Å². The minimum atomic E-state index is -4.50. The molecule has 0 aliphatic carbocycles. The van der Waals surface area contributed by atoms with Gasteiger partial charge in [-0.25, -0.2) is 0 Å².